The van der Waals surface area contributed by atoms with E-state index in [4.69, 9.17) is 9.47 Å². The molecule has 156 valence electrons. The third-order valence-corrected chi connectivity index (χ3v) is 5.91. The van der Waals surface area contributed by atoms with Gasteiger partial charge in [0, 0.05) is 17.7 Å². The fourth-order valence-corrected chi connectivity index (χ4v) is 4.01. The first-order chi connectivity index (χ1) is 14.6. The Hall–Kier alpha value is -2.77. The minimum absolute atomic E-state index is 0.136. The van der Waals surface area contributed by atoms with Crippen LogP contribution < -0.4 is 10.1 Å². The van der Waals surface area contributed by atoms with Gasteiger partial charge in [-0.2, -0.15) is 0 Å². The van der Waals surface area contributed by atoms with Gasteiger partial charge < -0.3 is 9.47 Å². The highest BCUT2D eigenvalue weighted by atomic mass is 32.1. The number of hydrogen-bond donors (Lipinski definition) is 1. The van der Waals surface area contributed by atoms with Gasteiger partial charge in [-0.1, -0.05) is 55.5 Å². The lowest BCUT2D eigenvalue weighted by molar-refractivity contribution is 0.0679. The van der Waals surface area contributed by atoms with E-state index in [0.717, 1.165) is 30.0 Å². The third kappa shape index (κ3) is 5.04. The number of nitrogens with zero attached hydrogens (tertiary/aromatic N) is 2. The Bertz CT molecular complexity index is 995. The van der Waals surface area contributed by atoms with Gasteiger partial charge in [0.05, 0.1) is 6.10 Å². The number of carbonyl (C=O) groups is 1. The van der Waals surface area contributed by atoms with Crippen LogP contribution in [0.4, 0.5) is 5.13 Å². The highest BCUT2D eigenvalue weighted by molar-refractivity contribution is 7.18. The van der Waals surface area contributed by atoms with Crippen molar-refractivity contribution < 1.29 is 14.3 Å². The summed E-state index contributed by atoms with van der Waals surface area (Å²) in [4.78, 5) is 12.6. The van der Waals surface area contributed by atoms with Crippen molar-refractivity contribution in [3.05, 3.63) is 59.7 Å². The number of benzene rings is 2. The number of anilines is 1. The molecule has 1 aromatic heterocycles. The fourth-order valence-electron chi connectivity index (χ4n) is 3.26. The number of ether oxygens (including phenoxy) is 2. The SMILES string of the molecule is CC(C)c1ccc(-c2nnc(NC(=O)c3cccc(OCC4CCCO4)c3)s2)cc1. The molecule has 4 rings (SSSR count). The predicted octanol–water partition coefficient (Wildman–Crippen LogP) is 5.14. The summed E-state index contributed by atoms with van der Waals surface area (Å²) in [6, 6.07) is 15.4. The Morgan fingerprint density at radius 3 is 2.80 bits per heavy atom. The topological polar surface area (TPSA) is 73.3 Å². The van der Waals surface area contributed by atoms with Crippen molar-refractivity contribution in [2.75, 3.05) is 18.5 Å². The molecule has 30 heavy (non-hydrogen) atoms. The summed E-state index contributed by atoms with van der Waals surface area (Å²) < 4.78 is 11.4. The normalized spacial score (nSPS) is 16.0. The molecule has 2 aromatic carbocycles. The zero-order valence-electron chi connectivity index (χ0n) is 17.1. The minimum Gasteiger partial charge on any atom is -0.491 e. The van der Waals surface area contributed by atoms with E-state index in [1.54, 1.807) is 12.1 Å². The van der Waals surface area contributed by atoms with Gasteiger partial charge in [0.1, 0.15) is 17.4 Å². The number of hydrogen-bond acceptors (Lipinski definition) is 6. The van der Waals surface area contributed by atoms with E-state index < -0.39 is 0 Å². The van der Waals surface area contributed by atoms with E-state index in [0.29, 0.717) is 29.0 Å². The Balaban J connectivity index is 1.38. The lowest BCUT2D eigenvalue weighted by Gasteiger charge is -2.12. The van der Waals surface area contributed by atoms with Gasteiger partial charge in [0.25, 0.3) is 5.91 Å². The van der Waals surface area contributed by atoms with E-state index in [9.17, 15) is 4.79 Å². The molecule has 6 nitrogen and oxygen atoms in total. The van der Waals surface area contributed by atoms with Crippen LogP contribution in [0.15, 0.2) is 48.5 Å². The van der Waals surface area contributed by atoms with Gasteiger partial charge in [0.2, 0.25) is 5.13 Å². The van der Waals surface area contributed by atoms with Crippen molar-refractivity contribution in [2.45, 2.75) is 38.7 Å². The zero-order valence-corrected chi connectivity index (χ0v) is 17.9. The first-order valence-electron chi connectivity index (χ1n) is 10.2. The Morgan fingerprint density at radius 2 is 2.07 bits per heavy atom. The standard InChI is InChI=1S/C23H25N3O3S/c1-15(2)16-8-10-17(11-9-16)22-25-26-23(30-22)24-21(27)18-5-3-6-19(13-18)29-14-20-7-4-12-28-20/h3,5-6,8-11,13,15,20H,4,7,12,14H2,1-2H3,(H,24,26,27). The number of nitrogens with one attached hydrogen (secondary N) is 1. The smallest absolute Gasteiger partial charge is 0.257 e. The quantitative estimate of drug-likeness (QED) is 0.570. The van der Waals surface area contributed by atoms with Crippen LogP contribution in [-0.2, 0) is 4.74 Å². The maximum Gasteiger partial charge on any atom is 0.257 e. The zero-order chi connectivity index (χ0) is 20.9. The monoisotopic (exact) mass is 423 g/mol. The summed E-state index contributed by atoms with van der Waals surface area (Å²) in [7, 11) is 0. The molecule has 7 heteroatoms. The highest BCUT2D eigenvalue weighted by Crippen LogP contribution is 2.28. The highest BCUT2D eigenvalue weighted by Gasteiger charge is 2.17. The molecule has 0 aliphatic carbocycles. The van der Waals surface area contributed by atoms with Gasteiger partial charge >= 0.3 is 0 Å². The van der Waals surface area contributed by atoms with Crippen LogP contribution in [0.3, 0.4) is 0 Å². The molecule has 0 bridgehead atoms. The largest absolute Gasteiger partial charge is 0.491 e. The second-order valence-electron chi connectivity index (χ2n) is 7.62. The molecular weight excluding hydrogens is 398 g/mol. The molecule has 0 saturated carbocycles. The molecule has 1 atom stereocenters. The number of aromatic nitrogens is 2. The minimum atomic E-state index is -0.240. The van der Waals surface area contributed by atoms with Gasteiger partial charge in [-0.3, -0.25) is 10.1 Å². The molecule has 0 radical (unpaired) electrons. The second-order valence-corrected chi connectivity index (χ2v) is 8.59. The van der Waals surface area contributed by atoms with E-state index in [-0.39, 0.29) is 12.0 Å². The van der Waals surface area contributed by atoms with Gasteiger partial charge in [-0.05, 0) is 42.5 Å². The first-order valence-corrected chi connectivity index (χ1v) is 11.0. The van der Waals surface area contributed by atoms with E-state index in [1.807, 2.05) is 24.3 Å². The molecular formula is C23H25N3O3S. The van der Waals surface area contributed by atoms with Crippen LogP contribution in [0.2, 0.25) is 0 Å². The van der Waals surface area contributed by atoms with Crippen molar-refractivity contribution in [3.8, 4) is 16.3 Å². The lowest BCUT2D eigenvalue weighted by Crippen LogP contribution is -2.17. The molecule has 3 aromatic rings. The molecule has 1 saturated heterocycles. The average Bonchev–Trinajstić information content (AvgIpc) is 3.45. The summed E-state index contributed by atoms with van der Waals surface area (Å²) in [5.41, 5.74) is 2.78. The van der Waals surface area contributed by atoms with Gasteiger partial charge in [-0.25, -0.2) is 0 Å². The average molecular weight is 424 g/mol. The van der Waals surface area contributed by atoms with Crippen LogP contribution in [0, 0.1) is 0 Å². The van der Waals surface area contributed by atoms with Gasteiger partial charge in [-0.15, -0.1) is 10.2 Å². The number of amides is 1. The molecule has 1 aliphatic rings. The van der Waals surface area contributed by atoms with Crippen LogP contribution >= 0.6 is 11.3 Å². The Morgan fingerprint density at radius 1 is 1.23 bits per heavy atom. The van der Waals surface area contributed by atoms with Gasteiger partial charge in [0.15, 0.2) is 0 Å². The summed E-state index contributed by atoms with van der Waals surface area (Å²) in [5.74, 6) is 0.894. The molecule has 1 aliphatic heterocycles. The second kappa shape index (κ2) is 9.36. The Kier molecular flexibility index (Phi) is 6.40. The van der Waals surface area contributed by atoms with Crippen LogP contribution in [0.5, 0.6) is 5.75 Å². The number of rotatable bonds is 7. The van der Waals surface area contributed by atoms with Crippen LogP contribution in [0.25, 0.3) is 10.6 Å². The van der Waals surface area contributed by atoms with Crippen LogP contribution in [-0.4, -0.2) is 35.4 Å². The van der Waals surface area contributed by atoms with E-state index >= 15 is 0 Å². The van der Waals surface area contributed by atoms with Crippen molar-refractivity contribution in [1.29, 1.82) is 0 Å². The van der Waals surface area contributed by atoms with Crippen molar-refractivity contribution in [2.24, 2.45) is 0 Å². The fraction of sp³-hybridized carbons (Fsp3) is 0.348. The molecule has 1 fully saturated rings. The maximum absolute atomic E-state index is 12.6. The predicted molar refractivity (Wildman–Crippen MR) is 118 cm³/mol. The summed E-state index contributed by atoms with van der Waals surface area (Å²) >= 11 is 1.35. The van der Waals surface area contributed by atoms with E-state index in [1.165, 1.54) is 16.9 Å². The molecule has 1 unspecified atom stereocenters. The first kappa shape index (κ1) is 20.5. The third-order valence-electron chi connectivity index (χ3n) is 5.03. The van der Waals surface area contributed by atoms with Crippen molar-refractivity contribution >= 4 is 22.4 Å². The molecule has 1 amide bonds. The molecule has 1 N–H and O–H groups in total. The summed E-state index contributed by atoms with van der Waals surface area (Å²) in [6.07, 6.45) is 2.22. The Labute approximate surface area is 180 Å². The van der Waals surface area contributed by atoms with Crippen LogP contribution in [0.1, 0.15) is 48.5 Å². The van der Waals surface area contributed by atoms with Crippen molar-refractivity contribution in [3.63, 3.8) is 0 Å². The maximum atomic E-state index is 12.6. The lowest BCUT2D eigenvalue weighted by atomic mass is 10.0. The molecule has 0 spiro atoms. The number of carbonyl (C=O) groups excluding carboxylic acids is 1. The molecule has 2 heterocycles. The van der Waals surface area contributed by atoms with Crippen molar-refractivity contribution in [1.82, 2.24) is 10.2 Å². The summed E-state index contributed by atoms with van der Waals surface area (Å²) in [6.45, 7) is 5.62. The summed E-state index contributed by atoms with van der Waals surface area (Å²) in [5, 5.41) is 12.4. The van der Waals surface area contributed by atoms with E-state index in [2.05, 4.69) is 41.5 Å².